The van der Waals surface area contributed by atoms with E-state index in [0.29, 0.717) is 16.8 Å². The molecule has 0 fully saturated rings. The summed E-state index contributed by atoms with van der Waals surface area (Å²) in [7, 11) is 0. The highest BCUT2D eigenvalue weighted by atomic mass is 79.9. The quantitative estimate of drug-likeness (QED) is 0.760. The van der Waals surface area contributed by atoms with Gasteiger partial charge in [0.05, 0.1) is 16.8 Å². The molecule has 0 N–H and O–H groups in total. The van der Waals surface area contributed by atoms with Crippen LogP contribution in [-0.4, -0.2) is 16.8 Å². The lowest BCUT2D eigenvalue weighted by Crippen LogP contribution is -2.29. The number of aryl methyl sites for hydroxylation is 1. The smallest absolute Gasteiger partial charge is 0.267 e. The van der Waals surface area contributed by atoms with Crippen LogP contribution in [0.15, 0.2) is 41.1 Å². The first kappa shape index (κ1) is 12.0. The van der Waals surface area contributed by atoms with Crippen LogP contribution >= 0.6 is 15.9 Å². The summed E-state index contributed by atoms with van der Waals surface area (Å²) in [5.74, 6) is -0.634. The zero-order valence-corrected chi connectivity index (χ0v) is 11.6. The van der Waals surface area contributed by atoms with Crippen molar-refractivity contribution in [3.05, 3.63) is 57.8 Å². The Kier molecular flexibility index (Phi) is 2.71. The van der Waals surface area contributed by atoms with Crippen molar-refractivity contribution in [2.45, 2.75) is 6.92 Å². The number of carbonyl (C=O) groups is 2. The van der Waals surface area contributed by atoms with Gasteiger partial charge in [0.1, 0.15) is 0 Å². The molecule has 1 aliphatic heterocycles. The first-order valence-corrected chi connectivity index (χ1v) is 6.47. The number of fused-ring (bicyclic) bond motifs is 1. The molecule has 19 heavy (non-hydrogen) atoms. The Labute approximate surface area is 118 Å². The molecule has 0 bridgehead atoms. The monoisotopic (exact) mass is 316 g/mol. The number of hydrogen-bond acceptors (Lipinski definition) is 3. The lowest BCUT2D eigenvalue weighted by Gasteiger charge is -2.14. The van der Waals surface area contributed by atoms with Crippen molar-refractivity contribution < 1.29 is 9.59 Å². The van der Waals surface area contributed by atoms with Crippen molar-refractivity contribution >= 4 is 33.4 Å². The van der Waals surface area contributed by atoms with Gasteiger partial charge in [0.2, 0.25) is 0 Å². The summed E-state index contributed by atoms with van der Waals surface area (Å²) < 4.78 is 0.831. The molecular weight excluding hydrogens is 308 g/mol. The number of carbonyl (C=O) groups excluding carboxylic acids is 2. The van der Waals surface area contributed by atoms with Gasteiger partial charge in [0, 0.05) is 16.9 Å². The number of pyridine rings is 1. The van der Waals surface area contributed by atoms with Gasteiger partial charge in [0.25, 0.3) is 11.8 Å². The molecule has 1 aromatic heterocycles. The number of halogens is 1. The molecule has 0 aliphatic carbocycles. The average Bonchev–Trinajstić information content (AvgIpc) is 2.61. The maximum absolute atomic E-state index is 12.3. The zero-order valence-electron chi connectivity index (χ0n) is 10.1. The molecule has 94 valence electrons. The van der Waals surface area contributed by atoms with E-state index in [2.05, 4.69) is 20.9 Å². The van der Waals surface area contributed by atoms with Gasteiger partial charge in [-0.05, 0) is 36.8 Å². The van der Waals surface area contributed by atoms with E-state index in [4.69, 9.17) is 0 Å². The molecule has 0 spiro atoms. The fourth-order valence-corrected chi connectivity index (χ4v) is 2.76. The predicted molar refractivity (Wildman–Crippen MR) is 74.3 cm³/mol. The van der Waals surface area contributed by atoms with Crippen LogP contribution in [0, 0.1) is 6.92 Å². The minimum Gasteiger partial charge on any atom is -0.268 e. The Morgan fingerprint density at radius 2 is 1.84 bits per heavy atom. The zero-order chi connectivity index (χ0) is 13.6. The second kappa shape index (κ2) is 4.28. The Bertz CT molecular complexity index is 657. The van der Waals surface area contributed by atoms with Gasteiger partial charge in [-0.3, -0.25) is 14.6 Å². The molecule has 0 unspecified atom stereocenters. The molecule has 0 saturated heterocycles. The third-order valence-electron chi connectivity index (χ3n) is 2.97. The van der Waals surface area contributed by atoms with Gasteiger partial charge >= 0.3 is 0 Å². The molecule has 2 heterocycles. The molecular formula is C14H9BrN2O2. The van der Waals surface area contributed by atoms with Crippen LogP contribution in [0.1, 0.15) is 26.3 Å². The normalized spacial score (nSPS) is 13.9. The minimum absolute atomic E-state index is 0.306. The third-order valence-corrected chi connectivity index (χ3v) is 3.43. The molecule has 1 aromatic carbocycles. The van der Waals surface area contributed by atoms with Crippen LogP contribution in [0.4, 0.5) is 5.69 Å². The van der Waals surface area contributed by atoms with Crippen molar-refractivity contribution in [1.82, 2.24) is 4.98 Å². The molecule has 0 atom stereocenters. The summed E-state index contributed by atoms with van der Waals surface area (Å²) in [6.07, 6.45) is 2.94. The lowest BCUT2D eigenvalue weighted by molar-refractivity contribution is 0.0926. The van der Waals surface area contributed by atoms with Crippen LogP contribution < -0.4 is 4.90 Å². The van der Waals surface area contributed by atoms with E-state index in [1.54, 1.807) is 18.2 Å². The summed E-state index contributed by atoms with van der Waals surface area (Å²) in [5, 5.41) is 0. The Morgan fingerprint density at radius 3 is 2.53 bits per heavy atom. The Morgan fingerprint density at radius 1 is 1.11 bits per heavy atom. The van der Waals surface area contributed by atoms with E-state index in [1.807, 2.05) is 13.0 Å². The topological polar surface area (TPSA) is 50.3 Å². The maximum atomic E-state index is 12.3. The molecule has 2 aromatic rings. The largest absolute Gasteiger partial charge is 0.268 e. The Hall–Kier alpha value is -2.01. The van der Waals surface area contributed by atoms with Gasteiger partial charge in [-0.1, -0.05) is 15.9 Å². The van der Waals surface area contributed by atoms with Gasteiger partial charge in [-0.15, -0.1) is 0 Å². The maximum Gasteiger partial charge on any atom is 0.267 e. The SMILES string of the molecule is Cc1cc(Br)cc(N2C(=O)c3ccncc3C2=O)c1. The first-order valence-electron chi connectivity index (χ1n) is 5.68. The number of amides is 2. The molecule has 4 nitrogen and oxygen atoms in total. The number of hydrogen-bond donors (Lipinski definition) is 0. The van der Waals surface area contributed by atoms with Crippen LogP contribution in [-0.2, 0) is 0 Å². The first-order chi connectivity index (χ1) is 9.08. The van der Waals surface area contributed by atoms with E-state index in [-0.39, 0.29) is 11.8 Å². The van der Waals surface area contributed by atoms with Crippen molar-refractivity contribution in [1.29, 1.82) is 0 Å². The van der Waals surface area contributed by atoms with Crippen molar-refractivity contribution in [2.24, 2.45) is 0 Å². The molecule has 1 aliphatic rings. The van der Waals surface area contributed by atoms with Gasteiger partial charge in [-0.2, -0.15) is 0 Å². The highest BCUT2D eigenvalue weighted by Crippen LogP contribution is 2.30. The van der Waals surface area contributed by atoms with E-state index in [0.717, 1.165) is 10.0 Å². The summed E-state index contributed by atoms with van der Waals surface area (Å²) in [5.41, 5.74) is 2.29. The standard InChI is InChI=1S/C14H9BrN2O2/c1-8-4-9(15)6-10(5-8)17-13(18)11-2-3-16-7-12(11)14(17)19/h2-7H,1H3. The second-order valence-corrected chi connectivity index (χ2v) is 5.27. The average molecular weight is 317 g/mol. The van der Waals surface area contributed by atoms with Crippen molar-refractivity contribution in [3.63, 3.8) is 0 Å². The van der Waals surface area contributed by atoms with Crippen LogP contribution in [0.5, 0.6) is 0 Å². The van der Waals surface area contributed by atoms with Crippen molar-refractivity contribution in [3.8, 4) is 0 Å². The third kappa shape index (κ3) is 1.86. The van der Waals surface area contributed by atoms with Crippen LogP contribution in [0.2, 0.25) is 0 Å². The van der Waals surface area contributed by atoms with E-state index in [9.17, 15) is 9.59 Å². The number of imide groups is 1. The van der Waals surface area contributed by atoms with E-state index in [1.165, 1.54) is 17.3 Å². The lowest BCUT2D eigenvalue weighted by atomic mass is 10.2. The predicted octanol–water partition coefficient (Wildman–Crippen LogP) is 2.95. The highest BCUT2D eigenvalue weighted by Gasteiger charge is 2.36. The fourth-order valence-electron chi connectivity index (χ4n) is 2.17. The number of aromatic nitrogens is 1. The summed E-state index contributed by atoms with van der Waals surface area (Å²) in [6, 6.07) is 7.05. The van der Waals surface area contributed by atoms with Crippen LogP contribution in [0.3, 0.4) is 0 Å². The Balaban J connectivity index is 2.14. The molecule has 2 amide bonds. The summed E-state index contributed by atoms with van der Waals surface area (Å²) in [6.45, 7) is 1.91. The van der Waals surface area contributed by atoms with Crippen LogP contribution in [0.25, 0.3) is 0 Å². The second-order valence-electron chi connectivity index (χ2n) is 4.35. The number of benzene rings is 1. The van der Waals surface area contributed by atoms with Gasteiger partial charge in [0.15, 0.2) is 0 Å². The van der Waals surface area contributed by atoms with E-state index >= 15 is 0 Å². The summed E-state index contributed by atoms with van der Waals surface area (Å²) >= 11 is 3.37. The van der Waals surface area contributed by atoms with Crippen molar-refractivity contribution in [2.75, 3.05) is 4.90 Å². The minimum atomic E-state index is -0.328. The number of nitrogens with zero attached hydrogens (tertiary/aromatic N) is 2. The molecule has 5 heteroatoms. The number of anilines is 1. The fraction of sp³-hybridized carbons (Fsp3) is 0.0714. The molecule has 0 radical (unpaired) electrons. The summed E-state index contributed by atoms with van der Waals surface area (Å²) in [4.78, 5) is 29.7. The van der Waals surface area contributed by atoms with Gasteiger partial charge < -0.3 is 0 Å². The van der Waals surface area contributed by atoms with Gasteiger partial charge in [-0.25, -0.2) is 4.90 Å². The molecule has 0 saturated carbocycles. The van der Waals surface area contributed by atoms with E-state index < -0.39 is 0 Å². The molecule has 3 rings (SSSR count). The number of rotatable bonds is 1. The highest BCUT2D eigenvalue weighted by molar-refractivity contribution is 9.10.